The lowest BCUT2D eigenvalue weighted by Crippen LogP contribution is -2.40. The molecule has 0 aliphatic carbocycles. The summed E-state index contributed by atoms with van der Waals surface area (Å²) < 4.78 is 5.34. The summed E-state index contributed by atoms with van der Waals surface area (Å²) >= 11 is 0. The van der Waals surface area contributed by atoms with Gasteiger partial charge in [0.15, 0.2) is 6.61 Å². The Bertz CT molecular complexity index is 473. The molecule has 2 rings (SSSR count). The molecular weight excluding hydrogens is 262 g/mol. The SMILES string of the molecule is CC(C)CN1CCC(Nc2cccc(OCC#N)c2)CC1. The minimum Gasteiger partial charge on any atom is -0.479 e. The van der Waals surface area contributed by atoms with Crippen LogP contribution < -0.4 is 10.1 Å². The molecule has 114 valence electrons. The average Bonchev–Trinajstić information content (AvgIpc) is 2.47. The van der Waals surface area contributed by atoms with Gasteiger partial charge in [0.05, 0.1) is 0 Å². The molecule has 0 saturated carbocycles. The third-order valence-corrected chi connectivity index (χ3v) is 3.72. The number of nitrogens with one attached hydrogen (secondary N) is 1. The van der Waals surface area contributed by atoms with Gasteiger partial charge in [0.25, 0.3) is 0 Å². The van der Waals surface area contributed by atoms with E-state index in [9.17, 15) is 0 Å². The summed E-state index contributed by atoms with van der Waals surface area (Å²) in [6.07, 6.45) is 2.35. The first-order valence-corrected chi connectivity index (χ1v) is 7.76. The van der Waals surface area contributed by atoms with Crippen molar-refractivity contribution in [3.8, 4) is 11.8 Å². The van der Waals surface area contributed by atoms with E-state index >= 15 is 0 Å². The highest BCUT2D eigenvalue weighted by Gasteiger charge is 2.19. The minimum absolute atomic E-state index is 0.0943. The summed E-state index contributed by atoms with van der Waals surface area (Å²) in [6.45, 7) is 8.18. The van der Waals surface area contributed by atoms with Crippen LogP contribution in [0.3, 0.4) is 0 Å². The third kappa shape index (κ3) is 5.28. The van der Waals surface area contributed by atoms with E-state index in [-0.39, 0.29) is 6.61 Å². The van der Waals surface area contributed by atoms with Crippen LogP contribution in [0.5, 0.6) is 5.75 Å². The lowest BCUT2D eigenvalue weighted by atomic mass is 10.0. The van der Waals surface area contributed by atoms with Crippen LogP contribution in [-0.4, -0.2) is 37.2 Å². The number of piperidine rings is 1. The molecule has 1 aliphatic rings. The molecule has 0 atom stereocenters. The van der Waals surface area contributed by atoms with Crippen LogP contribution in [0, 0.1) is 17.2 Å². The number of nitriles is 1. The van der Waals surface area contributed by atoms with Crippen molar-refractivity contribution in [2.75, 3.05) is 31.6 Å². The maximum absolute atomic E-state index is 8.55. The fourth-order valence-electron chi connectivity index (χ4n) is 2.80. The molecule has 1 heterocycles. The van der Waals surface area contributed by atoms with E-state index in [1.54, 1.807) is 0 Å². The molecule has 0 radical (unpaired) electrons. The van der Waals surface area contributed by atoms with Crippen LogP contribution in [-0.2, 0) is 0 Å². The second kappa shape index (κ2) is 7.90. The summed E-state index contributed by atoms with van der Waals surface area (Å²) in [5, 5.41) is 12.1. The van der Waals surface area contributed by atoms with Crippen molar-refractivity contribution in [1.82, 2.24) is 4.90 Å². The molecule has 1 aromatic carbocycles. The van der Waals surface area contributed by atoms with Gasteiger partial charge in [-0.1, -0.05) is 19.9 Å². The van der Waals surface area contributed by atoms with Crippen LogP contribution in [0.4, 0.5) is 5.69 Å². The molecule has 1 aromatic rings. The Balaban J connectivity index is 1.82. The van der Waals surface area contributed by atoms with Gasteiger partial charge >= 0.3 is 0 Å². The largest absolute Gasteiger partial charge is 0.479 e. The quantitative estimate of drug-likeness (QED) is 0.873. The van der Waals surface area contributed by atoms with Crippen LogP contribution >= 0.6 is 0 Å². The number of anilines is 1. The Labute approximate surface area is 127 Å². The smallest absolute Gasteiger partial charge is 0.174 e. The predicted molar refractivity (Wildman–Crippen MR) is 85.5 cm³/mol. The number of benzene rings is 1. The molecule has 0 aromatic heterocycles. The Hall–Kier alpha value is -1.73. The zero-order valence-electron chi connectivity index (χ0n) is 13.0. The van der Waals surface area contributed by atoms with Gasteiger partial charge in [-0.05, 0) is 30.9 Å². The van der Waals surface area contributed by atoms with E-state index in [0.29, 0.717) is 6.04 Å². The molecule has 21 heavy (non-hydrogen) atoms. The first kappa shape index (κ1) is 15.7. The van der Waals surface area contributed by atoms with Gasteiger partial charge in [-0.3, -0.25) is 0 Å². The second-order valence-corrected chi connectivity index (χ2v) is 6.09. The van der Waals surface area contributed by atoms with Crippen molar-refractivity contribution in [3.05, 3.63) is 24.3 Å². The second-order valence-electron chi connectivity index (χ2n) is 6.09. The van der Waals surface area contributed by atoms with Gasteiger partial charge in [-0.25, -0.2) is 0 Å². The summed E-state index contributed by atoms with van der Waals surface area (Å²) in [6, 6.07) is 10.4. The number of likely N-dealkylation sites (tertiary alicyclic amines) is 1. The highest BCUT2D eigenvalue weighted by Crippen LogP contribution is 2.21. The van der Waals surface area contributed by atoms with Crippen LogP contribution in [0.15, 0.2) is 24.3 Å². The molecule has 0 amide bonds. The predicted octanol–water partition coefficient (Wildman–Crippen LogP) is 3.12. The van der Waals surface area contributed by atoms with Crippen molar-refractivity contribution < 1.29 is 4.74 Å². The maximum Gasteiger partial charge on any atom is 0.174 e. The van der Waals surface area contributed by atoms with Crippen molar-refractivity contribution in [1.29, 1.82) is 5.26 Å². The number of hydrogen-bond donors (Lipinski definition) is 1. The highest BCUT2D eigenvalue weighted by atomic mass is 16.5. The number of rotatable bonds is 6. The molecule has 0 bridgehead atoms. The average molecular weight is 287 g/mol. The molecule has 4 nitrogen and oxygen atoms in total. The molecular formula is C17H25N3O. The maximum atomic E-state index is 8.55. The van der Waals surface area contributed by atoms with Crippen molar-refractivity contribution in [2.24, 2.45) is 5.92 Å². The molecule has 1 saturated heterocycles. The highest BCUT2D eigenvalue weighted by molar-refractivity contribution is 5.49. The standard InChI is InChI=1S/C17H25N3O/c1-14(2)13-20-9-6-15(7-10-20)19-16-4-3-5-17(12-16)21-11-8-18/h3-5,12,14-15,19H,6-7,9-11,13H2,1-2H3. The molecule has 0 unspecified atom stereocenters. The van der Waals surface area contributed by atoms with E-state index < -0.39 is 0 Å². The number of nitrogens with zero attached hydrogens (tertiary/aromatic N) is 2. The first-order valence-electron chi connectivity index (χ1n) is 7.76. The van der Waals surface area contributed by atoms with Crippen LogP contribution in [0.2, 0.25) is 0 Å². The Kier molecular flexibility index (Phi) is 5.89. The summed E-state index contributed by atoms with van der Waals surface area (Å²) in [4.78, 5) is 2.55. The minimum atomic E-state index is 0.0943. The van der Waals surface area contributed by atoms with Crippen molar-refractivity contribution in [2.45, 2.75) is 32.7 Å². The van der Waals surface area contributed by atoms with Gasteiger partial charge in [-0.15, -0.1) is 0 Å². The van der Waals surface area contributed by atoms with Gasteiger partial charge in [0.2, 0.25) is 0 Å². The van der Waals surface area contributed by atoms with E-state index in [1.807, 2.05) is 24.3 Å². The monoisotopic (exact) mass is 287 g/mol. The lowest BCUT2D eigenvalue weighted by molar-refractivity contribution is 0.198. The fraction of sp³-hybridized carbons (Fsp3) is 0.588. The number of ether oxygens (including phenoxy) is 1. The Morgan fingerprint density at radius 3 is 2.81 bits per heavy atom. The summed E-state index contributed by atoms with van der Waals surface area (Å²) in [5.41, 5.74) is 1.08. The van der Waals surface area contributed by atoms with Crippen LogP contribution in [0.1, 0.15) is 26.7 Å². The van der Waals surface area contributed by atoms with Gasteiger partial charge in [0, 0.05) is 37.4 Å². The Morgan fingerprint density at radius 1 is 1.38 bits per heavy atom. The molecule has 1 aliphatic heterocycles. The number of hydrogen-bond acceptors (Lipinski definition) is 4. The zero-order valence-corrected chi connectivity index (χ0v) is 13.0. The summed E-state index contributed by atoms with van der Waals surface area (Å²) in [7, 11) is 0. The molecule has 0 spiro atoms. The molecule has 1 fully saturated rings. The zero-order chi connectivity index (χ0) is 15.1. The normalized spacial score (nSPS) is 16.7. The fourth-order valence-corrected chi connectivity index (χ4v) is 2.80. The van der Waals surface area contributed by atoms with E-state index in [2.05, 4.69) is 30.1 Å². The van der Waals surface area contributed by atoms with Crippen molar-refractivity contribution >= 4 is 5.69 Å². The van der Waals surface area contributed by atoms with E-state index in [0.717, 1.165) is 17.4 Å². The van der Waals surface area contributed by atoms with Gasteiger partial charge in [0.1, 0.15) is 11.8 Å². The lowest BCUT2D eigenvalue weighted by Gasteiger charge is -2.33. The van der Waals surface area contributed by atoms with E-state index in [1.165, 1.54) is 32.5 Å². The van der Waals surface area contributed by atoms with Crippen molar-refractivity contribution in [3.63, 3.8) is 0 Å². The summed E-state index contributed by atoms with van der Waals surface area (Å²) in [5.74, 6) is 1.49. The Morgan fingerprint density at radius 2 is 2.14 bits per heavy atom. The van der Waals surface area contributed by atoms with Gasteiger partial charge in [-0.2, -0.15) is 5.26 Å². The van der Waals surface area contributed by atoms with Crippen LogP contribution in [0.25, 0.3) is 0 Å². The van der Waals surface area contributed by atoms with E-state index in [4.69, 9.17) is 10.00 Å². The molecule has 4 heteroatoms. The topological polar surface area (TPSA) is 48.3 Å². The van der Waals surface area contributed by atoms with Gasteiger partial charge < -0.3 is 15.0 Å². The molecule has 1 N–H and O–H groups in total. The third-order valence-electron chi connectivity index (χ3n) is 3.72. The first-order chi connectivity index (χ1) is 10.2.